The molecule has 122 valence electrons. The number of carbonyl (C=O) groups is 1. The minimum atomic E-state index is -2.97. The van der Waals surface area contributed by atoms with E-state index in [0.717, 1.165) is 12.8 Å². The fraction of sp³-hybridized carbons (Fsp3) is 0.667. The van der Waals surface area contributed by atoms with Crippen LogP contribution < -0.4 is 5.32 Å². The van der Waals surface area contributed by atoms with Crippen molar-refractivity contribution in [3.8, 4) is 0 Å². The third kappa shape index (κ3) is 3.35. The highest BCUT2D eigenvalue weighted by molar-refractivity contribution is 7.91. The number of nitrogens with zero attached hydrogens (tertiary/aromatic N) is 1. The van der Waals surface area contributed by atoms with Crippen molar-refractivity contribution in [1.29, 1.82) is 0 Å². The summed E-state index contributed by atoms with van der Waals surface area (Å²) in [5.74, 6) is 0.171. The number of amides is 1. The normalized spacial score (nSPS) is 26.6. The molecular weight excluding hydrogens is 304 g/mol. The van der Waals surface area contributed by atoms with Crippen LogP contribution in [-0.4, -0.2) is 49.7 Å². The van der Waals surface area contributed by atoms with Gasteiger partial charge in [0.2, 0.25) is 5.91 Å². The Kier molecular flexibility index (Phi) is 4.27. The summed E-state index contributed by atoms with van der Waals surface area (Å²) in [5, 5.41) is 2.90. The summed E-state index contributed by atoms with van der Waals surface area (Å²) < 4.78 is 30.5. The molecule has 1 aromatic rings. The van der Waals surface area contributed by atoms with Gasteiger partial charge < -0.3 is 14.6 Å². The Morgan fingerprint density at radius 2 is 1.95 bits per heavy atom. The van der Waals surface area contributed by atoms with Crippen LogP contribution in [0.25, 0.3) is 0 Å². The summed E-state index contributed by atoms with van der Waals surface area (Å²) >= 11 is 0. The molecule has 0 spiro atoms. The topological polar surface area (TPSA) is 77.4 Å². The van der Waals surface area contributed by atoms with E-state index in [2.05, 4.69) is 9.88 Å². The molecule has 7 heteroatoms. The largest absolute Gasteiger partial charge is 0.381 e. The van der Waals surface area contributed by atoms with Crippen LogP contribution in [0.15, 0.2) is 24.5 Å². The molecule has 3 heterocycles. The monoisotopic (exact) mass is 326 g/mol. The summed E-state index contributed by atoms with van der Waals surface area (Å²) in [4.78, 5) is 12.4. The first-order valence-electron chi connectivity index (χ1n) is 7.70. The third-order valence-corrected chi connectivity index (χ3v) is 6.43. The molecule has 0 aromatic carbocycles. The SMILES string of the molecule is O=C(CC1(n2cccc2)CCOCC1)N[C@@H]1CCS(=O)(=O)C1. The quantitative estimate of drug-likeness (QED) is 0.883. The zero-order valence-corrected chi connectivity index (χ0v) is 13.3. The van der Waals surface area contributed by atoms with Gasteiger partial charge in [0.1, 0.15) is 0 Å². The molecule has 0 unspecified atom stereocenters. The lowest BCUT2D eigenvalue weighted by atomic mass is 9.85. The van der Waals surface area contributed by atoms with Gasteiger partial charge >= 0.3 is 0 Å². The second-order valence-electron chi connectivity index (χ2n) is 6.27. The van der Waals surface area contributed by atoms with Crippen LogP contribution in [0.4, 0.5) is 0 Å². The van der Waals surface area contributed by atoms with Crippen molar-refractivity contribution in [2.24, 2.45) is 0 Å². The maximum atomic E-state index is 12.4. The number of carbonyl (C=O) groups excluding carboxylic acids is 1. The van der Waals surface area contributed by atoms with Gasteiger partial charge in [-0.05, 0) is 31.4 Å². The maximum Gasteiger partial charge on any atom is 0.222 e. The van der Waals surface area contributed by atoms with Crippen LogP contribution in [0.1, 0.15) is 25.7 Å². The smallest absolute Gasteiger partial charge is 0.222 e. The van der Waals surface area contributed by atoms with Crippen LogP contribution in [-0.2, 0) is 24.9 Å². The van der Waals surface area contributed by atoms with Crippen molar-refractivity contribution in [2.45, 2.75) is 37.3 Å². The van der Waals surface area contributed by atoms with Gasteiger partial charge in [-0.1, -0.05) is 0 Å². The van der Waals surface area contributed by atoms with Crippen LogP contribution in [0.3, 0.4) is 0 Å². The van der Waals surface area contributed by atoms with Crippen molar-refractivity contribution in [3.05, 3.63) is 24.5 Å². The number of aromatic nitrogens is 1. The highest BCUT2D eigenvalue weighted by Crippen LogP contribution is 2.33. The molecule has 0 bridgehead atoms. The van der Waals surface area contributed by atoms with Crippen molar-refractivity contribution in [2.75, 3.05) is 24.7 Å². The Morgan fingerprint density at radius 3 is 2.55 bits per heavy atom. The molecule has 2 aliphatic heterocycles. The molecule has 0 saturated carbocycles. The number of nitrogens with one attached hydrogen (secondary N) is 1. The Bertz CT molecular complexity index is 618. The number of sulfone groups is 1. The van der Waals surface area contributed by atoms with Gasteiger partial charge in [-0.3, -0.25) is 4.79 Å². The standard InChI is InChI=1S/C15H22N2O4S/c18-14(16-13-3-10-22(19,20)12-13)11-15(4-8-21-9-5-15)17-6-1-2-7-17/h1-2,6-7,13H,3-5,8-12H2,(H,16,18)/t13-/m1/s1. The first-order chi connectivity index (χ1) is 10.5. The highest BCUT2D eigenvalue weighted by Gasteiger charge is 2.37. The molecule has 3 rings (SSSR count). The minimum absolute atomic E-state index is 0.0678. The second-order valence-corrected chi connectivity index (χ2v) is 8.50. The van der Waals surface area contributed by atoms with E-state index in [-0.39, 0.29) is 29.0 Å². The number of hydrogen-bond donors (Lipinski definition) is 1. The summed E-state index contributed by atoms with van der Waals surface area (Å²) in [7, 11) is -2.97. The van der Waals surface area contributed by atoms with E-state index in [9.17, 15) is 13.2 Å². The van der Waals surface area contributed by atoms with Gasteiger partial charge in [-0.15, -0.1) is 0 Å². The van der Waals surface area contributed by atoms with E-state index >= 15 is 0 Å². The highest BCUT2D eigenvalue weighted by atomic mass is 32.2. The molecule has 1 aromatic heterocycles. The number of ether oxygens (including phenoxy) is 1. The van der Waals surface area contributed by atoms with Crippen molar-refractivity contribution >= 4 is 15.7 Å². The lowest BCUT2D eigenvalue weighted by Gasteiger charge is -2.38. The average molecular weight is 326 g/mol. The van der Waals surface area contributed by atoms with Crippen LogP contribution in [0, 0.1) is 0 Å². The van der Waals surface area contributed by atoms with Gasteiger partial charge in [-0.2, -0.15) is 0 Å². The molecular formula is C15H22N2O4S. The third-order valence-electron chi connectivity index (χ3n) is 4.66. The first-order valence-corrected chi connectivity index (χ1v) is 9.52. The fourth-order valence-corrected chi connectivity index (χ4v) is 5.09. The lowest BCUT2D eigenvalue weighted by molar-refractivity contribution is -0.125. The number of hydrogen-bond acceptors (Lipinski definition) is 4. The second kappa shape index (κ2) is 6.04. The van der Waals surface area contributed by atoms with Gasteiger partial charge in [-0.25, -0.2) is 8.42 Å². The molecule has 2 saturated heterocycles. The molecule has 1 N–H and O–H groups in total. The zero-order chi connectivity index (χ0) is 15.6. The Hall–Kier alpha value is -1.34. The summed E-state index contributed by atoms with van der Waals surface area (Å²) in [6.07, 6.45) is 6.43. The van der Waals surface area contributed by atoms with E-state index in [1.165, 1.54) is 0 Å². The maximum absolute atomic E-state index is 12.4. The van der Waals surface area contributed by atoms with Crippen LogP contribution >= 0.6 is 0 Å². The van der Waals surface area contributed by atoms with E-state index in [1.807, 2.05) is 24.5 Å². The minimum Gasteiger partial charge on any atom is -0.381 e. The van der Waals surface area contributed by atoms with Crippen molar-refractivity contribution in [1.82, 2.24) is 9.88 Å². The summed E-state index contributed by atoms with van der Waals surface area (Å²) in [6.45, 7) is 1.28. The van der Waals surface area contributed by atoms with E-state index < -0.39 is 9.84 Å². The van der Waals surface area contributed by atoms with Crippen LogP contribution in [0.2, 0.25) is 0 Å². The van der Waals surface area contributed by atoms with Crippen molar-refractivity contribution in [3.63, 3.8) is 0 Å². The Labute approximate surface area is 130 Å². The molecule has 0 aliphatic carbocycles. The Morgan fingerprint density at radius 1 is 1.27 bits per heavy atom. The molecule has 1 amide bonds. The van der Waals surface area contributed by atoms with Crippen LogP contribution in [0.5, 0.6) is 0 Å². The number of rotatable bonds is 4. The molecule has 2 aliphatic rings. The predicted octanol–water partition coefficient (Wildman–Crippen LogP) is 0.687. The Balaban J connectivity index is 1.67. The van der Waals surface area contributed by atoms with E-state index in [4.69, 9.17) is 4.74 Å². The fourth-order valence-electron chi connectivity index (χ4n) is 3.41. The molecule has 6 nitrogen and oxygen atoms in total. The molecule has 2 fully saturated rings. The van der Waals surface area contributed by atoms with Crippen molar-refractivity contribution < 1.29 is 17.9 Å². The van der Waals surface area contributed by atoms with Gasteiger partial charge in [0, 0.05) is 31.6 Å². The summed E-state index contributed by atoms with van der Waals surface area (Å²) in [5.41, 5.74) is -0.261. The van der Waals surface area contributed by atoms with Gasteiger partial charge in [0.15, 0.2) is 9.84 Å². The van der Waals surface area contributed by atoms with E-state index in [1.54, 1.807) is 0 Å². The predicted molar refractivity (Wildman–Crippen MR) is 82.3 cm³/mol. The average Bonchev–Trinajstić information content (AvgIpc) is 3.10. The summed E-state index contributed by atoms with van der Waals surface area (Å²) in [6, 6.07) is 3.68. The first kappa shape index (κ1) is 15.6. The lowest BCUT2D eigenvalue weighted by Crippen LogP contribution is -2.45. The molecule has 0 radical (unpaired) electrons. The zero-order valence-electron chi connectivity index (χ0n) is 12.5. The van der Waals surface area contributed by atoms with Gasteiger partial charge in [0.25, 0.3) is 0 Å². The molecule has 1 atom stereocenters. The van der Waals surface area contributed by atoms with Gasteiger partial charge in [0.05, 0.1) is 23.5 Å². The molecule has 22 heavy (non-hydrogen) atoms. The van der Waals surface area contributed by atoms with E-state index in [0.29, 0.717) is 26.1 Å².